The molecule has 1 unspecified atom stereocenters. The molecule has 0 spiro atoms. The molecule has 1 heterocycles. The molecule has 1 aliphatic rings. The minimum atomic E-state index is 0.304. The highest BCUT2D eigenvalue weighted by Crippen LogP contribution is 2.31. The molecule has 1 N–H and O–H groups in total. The first-order valence-electron chi connectivity index (χ1n) is 8.62. The maximum atomic E-state index is 3.64. The van der Waals surface area contributed by atoms with Crippen LogP contribution in [0.1, 0.15) is 23.6 Å². The molecule has 0 bridgehead atoms. The molecular formula is C20H26BrN3. The number of rotatable bonds is 4. The van der Waals surface area contributed by atoms with E-state index >= 15 is 0 Å². The van der Waals surface area contributed by atoms with E-state index in [0.29, 0.717) is 6.04 Å². The topological polar surface area (TPSA) is 18.5 Å². The third kappa shape index (κ3) is 4.18. The Bertz CT molecular complexity index is 646. The molecule has 3 nitrogen and oxygen atoms in total. The summed E-state index contributed by atoms with van der Waals surface area (Å²) in [5, 5.41) is 3.51. The van der Waals surface area contributed by atoms with Gasteiger partial charge in [-0.1, -0.05) is 40.2 Å². The van der Waals surface area contributed by atoms with E-state index in [-0.39, 0.29) is 0 Å². The van der Waals surface area contributed by atoms with Crippen molar-refractivity contribution < 1.29 is 0 Å². The van der Waals surface area contributed by atoms with Crippen LogP contribution in [0.15, 0.2) is 53.0 Å². The summed E-state index contributed by atoms with van der Waals surface area (Å²) in [7, 11) is 4.17. The Kier molecular flexibility index (Phi) is 5.93. The summed E-state index contributed by atoms with van der Waals surface area (Å²) >= 11 is 3.64. The smallest absolute Gasteiger partial charge is 0.0602 e. The van der Waals surface area contributed by atoms with Gasteiger partial charge in [0, 0.05) is 43.9 Å². The molecule has 1 atom stereocenters. The minimum absolute atomic E-state index is 0.304. The highest BCUT2D eigenvalue weighted by molar-refractivity contribution is 9.10. The average Bonchev–Trinajstić information content (AvgIpc) is 2.85. The summed E-state index contributed by atoms with van der Waals surface area (Å²) in [6.07, 6.45) is 1.19. The van der Waals surface area contributed by atoms with Gasteiger partial charge in [-0.2, -0.15) is 0 Å². The largest absolute Gasteiger partial charge is 0.378 e. The molecule has 24 heavy (non-hydrogen) atoms. The van der Waals surface area contributed by atoms with Crippen molar-refractivity contribution in [2.75, 3.05) is 45.2 Å². The predicted octanol–water partition coefficient (Wildman–Crippen LogP) is 3.90. The highest BCUT2D eigenvalue weighted by Gasteiger charge is 2.23. The molecule has 1 fully saturated rings. The zero-order valence-corrected chi connectivity index (χ0v) is 16.1. The van der Waals surface area contributed by atoms with Crippen molar-refractivity contribution in [1.29, 1.82) is 0 Å². The van der Waals surface area contributed by atoms with E-state index in [4.69, 9.17) is 0 Å². The SMILES string of the molecule is CN(C)c1ccc(C(c2cccc(Br)c2)N2CCCNCC2)cc1. The number of nitrogens with zero attached hydrogens (tertiary/aromatic N) is 2. The van der Waals surface area contributed by atoms with E-state index in [1.54, 1.807) is 0 Å². The second-order valence-corrected chi connectivity index (χ2v) is 7.50. The van der Waals surface area contributed by atoms with Crippen LogP contribution in [-0.2, 0) is 0 Å². The van der Waals surface area contributed by atoms with Gasteiger partial charge < -0.3 is 10.2 Å². The lowest BCUT2D eigenvalue weighted by Crippen LogP contribution is -2.33. The van der Waals surface area contributed by atoms with Crippen molar-refractivity contribution in [3.05, 3.63) is 64.1 Å². The predicted molar refractivity (Wildman–Crippen MR) is 106 cm³/mol. The van der Waals surface area contributed by atoms with Crippen molar-refractivity contribution in [3.63, 3.8) is 0 Å². The fourth-order valence-electron chi connectivity index (χ4n) is 3.37. The summed E-state index contributed by atoms with van der Waals surface area (Å²) in [6, 6.07) is 18.0. The van der Waals surface area contributed by atoms with Gasteiger partial charge >= 0.3 is 0 Å². The lowest BCUT2D eigenvalue weighted by atomic mass is 9.96. The van der Waals surface area contributed by atoms with Gasteiger partial charge in [-0.3, -0.25) is 4.90 Å². The second-order valence-electron chi connectivity index (χ2n) is 6.58. The minimum Gasteiger partial charge on any atom is -0.378 e. The Hall–Kier alpha value is -1.36. The maximum Gasteiger partial charge on any atom is 0.0602 e. The van der Waals surface area contributed by atoms with Crippen molar-refractivity contribution in [3.8, 4) is 0 Å². The van der Waals surface area contributed by atoms with Crippen LogP contribution in [-0.4, -0.2) is 45.2 Å². The molecule has 2 aromatic rings. The standard InChI is InChI=1S/C20H26BrN3/c1-23(2)19-9-7-16(8-10-19)20(17-5-3-6-18(21)15-17)24-13-4-11-22-12-14-24/h3,5-10,15,20,22H,4,11-14H2,1-2H3. The van der Waals surface area contributed by atoms with Gasteiger partial charge in [0.25, 0.3) is 0 Å². The number of hydrogen-bond acceptors (Lipinski definition) is 3. The fourth-order valence-corrected chi connectivity index (χ4v) is 3.79. The number of benzene rings is 2. The molecule has 0 aliphatic carbocycles. The number of nitrogens with one attached hydrogen (secondary N) is 1. The van der Waals surface area contributed by atoms with Crippen molar-refractivity contribution in [2.45, 2.75) is 12.5 Å². The fraction of sp³-hybridized carbons (Fsp3) is 0.400. The summed E-state index contributed by atoms with van der Waals surface area (Å²) in [6.45, 7) is 4.37. The molecule has 1 saturated heterocycles. The van der Waals surface area contributed by atoms with Crippen molar-refractivity contribution >= 4 is 21.6 Å². The van der Waals surface area contributed by atoms with Crippen LogP contribution in [0.25, 0.3) is 0 Å². The molecule has 128 valence electrons. The van der Waals surface area contributed by atoms with E-state index in [2.05, 4.69) is 93.7 Å². The Morgan fingerprint density at radius 3 is 2.50 bits per heavy atom. The monoisotopic (exact) mass is 387 g/mol. The summed E-state index contributed by atoms with van der Waals surface area (Å²) in [5.41, 5.74) is 3.95. The van der Waals surface area contributed by atoms with Gasteiger partial charge in [-0.15, -0.1) is 0 Å². The molecule has 2 aromatic carbocycles. The summed E-state index contributed by atoms with van der Waals surface area (Å²) in [4.78, 5) is 4.75. The average molecular weight is 388 g/mol. The number of halogens is 1. The third-order valence-electron chi connectivity index (χ3n) is 4.63. The van der Waals surface area contributed by atoms with E-state index < -0.39 is 0 Å². The van der Waals surface area contributed by atoms with Crippen LogP contribution in [0.5, 0.6) is 0 Å². The second kappa shape index (κ2) is 8.15. The lowest BCUT2D eigenvalue weighted by Gasteiger charge is -2.31. The van der Waals surface area contributed by atoms with Crippen LogP contribution in [0.4, 0.5) is 5.69 Å². The molecule has 0 saturated carbocycles. The Balaban J connectivity index is 1.97. The molecule has 4 heteroatoms. The van der Waals surface area contributed by atoms with Crippen LogP contribution >= 0.6 is 15.9 Å². The van der Waals surface area contributed by atoms with Crippen LogP contribution in [0.3, 0.4) is 0 Å². The van der Waals surface area contributed by atoms with Crippen LogP contribution in [0.2, 0.25) is 0 Å². The van der Waals surface area contributed by atoms with Crippen LogP contribution in [0, 0.1) is 0 Å². The van der Waals surface area contributed by atoms with E-state index in [0.717, 1.165) is 30.7 Å². The van der Waals surface area contributed by atoms with Gasteiger partial charge in [0.15, 0.2) is 0 Å². The molecule has 0 amide bonds. The maximum absolute atomic E-state index is 3.64. The number of hydrogen-bond donors (Lipinski definition) is 1. The van der Waals surface area contributed by atoms with Crippen molar-refractivity contribution in [1.82, 2.24) is 10.2 Å². The molecule has 0 radical (unpaired) electrons. The van der Waals surface area contributed by atoms with E-state index in [1.165, 1.54) is 23.2 Å². The zero-order chi connectivity index (χ0) is 16.9. The van der Waals surface area contributed by atoms with Crippen molar-refractivity contribution in [2.24, 2.45) is 0 Å². The van der Waals surface area contributed by atoms with Gasteiger partial charge in [-0.05, 0) is 48.4 Å². The first-order valence-corrected chi connectivity index (χ1v) is 9.42. The van der Waals surface area contributed by atoms with Gasteiger partial charge in [-0.25, -0.2) is 0 Å². The lowest BCUT2D eigenvalue weighted by molar-refractivity contribution is 0.241. The van der Waals surface area contributed by atoms with Crippen LogP contribution < -0.4 is 10.2 Å². The van der Waals surface area contributed by atoms with E-state index in [1.807, 2.05) is 0 Å². The molecular weight excluding hydrogens is 362 g/mol. The summed E-state index contributed by atoms with van der Waals surface area (Å²) in [5.74, 6) is 0. The molecule has 1 aliphatic heterocycles. The third-order valence-corrected chi connectivity index (χ3v) is 5.12. The Morgan fingerprint density at radius 2 is 1.79 bits per heavy atom. The first-order chi connectivity index (χ1) is 11.6. The Morgan fingerprint density at radius 1 is 1.00 bits per heavy atom. The van der Waals surface area contributed by atoms with Gasteiger partial charge in [0.05, 0.1) is 6.04 Å². The molecule has 0 aromatic heterocycles. The summed E-state index contributed by atoms with van der Waals surface area (Å²) < 4.78 is 1.14. The first kappa shape index (κ1) is 17.5. The normalized spacial score (nSPS) is 17.3. The molecule has 3 rings (SSSR count). The highest BCUT2D eigenvalue weighted by atomic mass is 79.9. The van der Waals surface area contributed by atoms with E-state index in [9.17, 15) is 0 Å². The number of anilines is 1. The zero-order valence-electron chi connectivity index (χ0n) is 14.5. The quantitative estimate of drug-likeness (QED) is 0.857. The Labute approximate surface area is 153 Å². The van der Waals surface area contributed by atoms with Gasteiger partial charge in [0.1, 0.15) is 0 Å². The van der Waals surface area contributed by atoms with Gasteiger partial charge in [0.2, 0.25) is 0 Å².